The minimum absolute atomic E-state index is 0.00811. The highest BCUT2D eigenvalue weighted by molar-refractivity contribution is 6.15. The first kappa shape index (κ1) is 32.3. The van der Waals surface area contributed by atoms with Gasteiger partial charge in [0.05, 0.1) is 17.3 Å². The molecule has 0 saturated carbocycles. The Hall–Kier alpha value is -6.84. The van der Waals surface area contributed by atoms with E-state index in [1.54, 1.807) is 0 Å². The second-order valence-electron chi connectivity index (χ2n) is 17.2. The van der Waals surface area contributed by atoms with Crippen LogP contribution in [0.2, 0.25) is 0 Å². The molecule has 8 aromatic carbocycles. The van der Waals surface area contributed by atoms with Crippen molar-refractivity contribution in [3.05, 3.63) is 191 Å². The van der Waals surface area contributed by atoms with Gasteiger partial charge in [0.2, 0.25) is 5.95 Å². The van der Waals surface area contributed by atoms with Crippen molar-refractivity contribution in [2.75, 3.05) is 4.90 Å². The van der Waals surface area contributed by atoms with Gasteiger partial charge in [0, 0.05) is 28.0 Å². The van der Waals surface area contributed by atoms with Gasteiger partial charge in [-0.1, -0.05) is 153 Å². The standard InChI is InChI=1S/C55H39N3/c1-55(2)48-21-11-9-19-41(48)45-29-47-46-28-43-39-17-7-5-15-37(39)38-16-6-8-18-40(38)44(43)30-51(46)58(52(47)31-49(45)55)54-56-50-22-12-10-20-42(50)53(57-54)34-25-26-36-33(27-34)24-23-32-13-3-4-14-35(32)36/h3-5,7-15,17-31,47,52H,6,16H2,1-2H3. The molecule has 9 aromatic rings. The maximum Gasteiger partial charge on any atom is 0.231 e. The molecular formula is C55H39N3. The van der Waals surface area contributed by atoms with Crippen LogP contribution in [-0.4, -0.2) is 16.0 Å². The van der Waals surface area contributed by atoms with Crippen LogP contribution >= 0.6 is 0 Å². The summed E-state index contributed by atoms with van der Waals surface area (Å²) in [6.07, 6.45) is 12.0. The van der Waals surface area contributed by atoms with Crippen LogP contribution in [0.25, 0.3) is 76.9 Å². The van der Waals surface area contributed by atoms with Crippen LogP contribution in [0.3, 0.4) is 0 Å². The zero-order chi connectivity index (χ0) is 38.3. The Labute approximate surface area is 337 Å². The first-order valence-electron chi connectivity index (χ1n) is 20.7. The summed E-state index contributed by atoms with van der Waals surface area (Å²) in [6, 6.07) is 51.6. The number of benzene rings is 8. The molecule has 0 spiro atoms. The lowest BCUT2D eigenvalue weighted by Gasteiger charge is -2.32. The molecule has 1 aromatic heterocycles. The normalized spacial score (nSPS) is 18.6. The lowest BCUT2D eigenvalue weighted by atomic mass is 9.77. The highest BCUT2D eigenvalue weighted by Gasteiger charge is 2.47. The highest BCUT2D eigenvalue weighted by Crippen LogP contribution is 2.58. The number of rotatable bonds is 2. The van der Waals surface area contributed by atoms with Crippen molar-refractivity contribution in [1.29, 1.82) is 0 Å². The first-order valence-corrected chi connectivity index (χ1v) is 20.7. The molecule has 0 bridgehead atoms. The van der Waals surface area contributed by atoms with Gasteiger partial charge in [-0.3, -0.25) is 0 Å². The van der Waals surface area contributed by atoms with Crippen LogP contribution in [0.5, 0.6) is 0 Å². The number of allylic oxidation sites excluding steroid dienone is 3. The molecule has 0 fully saturated rings. The minimum Gasteiger partial charge on any atom is -0.302 e. The van der Waals surface area contributed by atoms with E-state index in [1.807, 2.05) is 0 Å². The average molecular weight is 742 g/mol. The molecule has 2 unspecified atom stereocenters. The summed E-state index contributed by atoms with van der Waals surface area (Å²) in [5, 5.41) is 11.4. The topological polar surface area (TPSA) is 29.0 Å². The van der Waals surface area contributed by atoms with Crippen molar-refractivity contribution in [3.63, 3.8) is 0 Å². The van der Waals surface area contributed by atoms with Crippen molar-refractivity contribution >= 4 is 77.3 Å². The Balaban J connectivity index is 1.08. The molecule has 58 heavy (non-hydrogen) atoms. The SMILES string of the molecule is CC1(C)C2=CC3C(C=C2c2ccccc21)c1cc2c(cc1N3c1nc(-c3ccc4c(ccc5ccccc54)c3)c3ccccc3n1)c1c(c3ccccc32)CCC=C1. The van der Waals surface area contributed by atoms with Crippen LogP contribution in [0.1, 0.15) is 54.0 Å². The van der Waals surface area contributed by atoms with Gasteiger partial charge in [-0.25, -0.2) is 9.97 Å². The Morgan fingerprint density at radius 3 is 2.29 bits per heavy atom. The van der Waals surface area contributed by atoms with E-state index < -0.39 is 0 Å². The third-order valence-electron chi connectivity index (χ3n) is 13.8. The highest BCUT2D eigenvalue weighted by atomic mass is 15.3. The summed E-state index contributed by atoms with van der Waals surface area (Å²) in [4.78, 5) is 13.6. The average Bonchev–Trinajstić information content (AvgIpc) is 3.71. The lowest BCUT2D eigenvalue weighted by molar-refractivity contribution is 0.637. The zero-order valence-electron chi connectivity index (χ0n) is 32.5. The summed E-state index contributed by atoms with van der Waals surface area (Å²) in [5.74, 6) is 0.866. The molecule has 3 nitrogen and oxygen atoms in total. The van der Waals surface area contributed by atoms with E-state index in [9.17, 15) is 0 Å². The Morgan fingerprint density at radius 1 is 0.621 bits per heavy atom. The molecular weight excluding hydrogens is 703 g/mol. The van der Waals surface area contributed by atoms with E-state index in [-0.39, 0.29) is 17.4 Å². The molecule has 2 heterocycles. The lowest BCUT2D eigenvalue weighted by Crippen LogP contribution is -2.32. The molecule has 0 N–H and O–H groups in total. The van der Waals surface area contributed by atoms with Crippen LogP contribution in [-0.2, 0) is 11.8 Å². The van der Waals surface area contributed by atoms with Gasteiger partial charge in [-0.05, 0) is 119 Å². The molecule has 4 aliphatic rings. The first-order chi connectivity index (χ1) is 28.5. The van der Waals surface area contributed by atoms with Crippen LogP contribution in [0.4, 0.5) is 11.6 Å². The number of fused-ring (bicyclic) bond motifs is 16. The predicted octanol–water partition coefficient (Wildman–Crippen LogP) is 13.8. The summed E-state index contributed by atoms with van der Waals surface area (Å²) < 4.78 is 0. The van der Waals surface area contributed by atoms with E-state index in [4.69, 9.17) is 9.97 Å². The number of aryl methyl sites for hydroxylation is 1. The smallest absolute Gasteiger partial charge is 0.231 e. The van der Waals surface area contributed by atoms with Gasteiger partial charge < -0.3 is 4.90 Å². The number of anilines is 2. The fourth-order valence-electron chi connectivity index (χ4n) is 11.1. The third kappa shape index (κ3) is 4.34. The number of aromatic nitrogens is 2. The Kier molecular flexibility index (Phi) is 6.46. The summed E-state index contributed by atoms with van der Waals surface area (Å²) in [5.41, 5.74) is 13.8. The Morgan fingerprint density at radius 2 is 1.38 bits per heavy atom. The van der Waals surface area contributed by atoms with E-state index in [1.165, 1.54) is 87.7 Å². The monoisotopic (exact) mass is 741 g/mol. The number of hydrogen-bond donors (Lipinski definition) is 0. The summed E-state index contributed by atoms with van der Waals surface area (Å²) in [7, 11) is 0. The van der Waals surface area contributed by atoms with E-state index in [0.29, 0.717) is 0 Å². The number of para-hydroxylation sites is 1. The van der Waals surface area contributed by atoms with Crippen LogP contribution in [0, 0.1) is 0 Å². The van der Waals surface area contributed by atoms with Gasteiger partial charge >= 0.3 is 0 Å². The van der Waals surface area contributed by atoms with Gasteiger partial charge in [0.1, 0.15) is 0 Å². The molecule has 0 amide bonds. The fourth-order valence-corrected chi connectivity index (χ4v) is 11.1. The molecule has 0 radical (unpaired) electrons. The fraction of sp³-hybridized carbons (Fsp3) is 0.127. The quantitative estimate of drug-likeness (QED) is 0.165. The van der Waals surface area contributed by atoms with Crippen molar-refractivity contribution in [3.8, 4) is 11.3 Å². The summed E-state index contributed by atoms with van der Waals surface area (Å²) >= 11 is 0. The van der Waals surface area contributed by atoms with E-state index in [2.05, 4.69) is 183 Å². The molecule has 3 aliphatic carbocycles. The molecule has 2 atom stereocenters. The third-order valence-corrected chi connectivity index (χ3v) is 13.8. The molecule has 274 valence electrons. The zero-order valence-corrected chi connectivity index (χ0v) is 32.5. The maximum absolute atomic E-state index is 5.64. The Bertz CT molecular complexity index is 3400. The van der Waals surface area contributed by atoms with Gasteiger partial charge in [0.25, 0.3) is 0 Å². The summed E-state index contributed by atoms with van der Waals surface area (Å²) in [6.45, 7) is 4.77. The molecule has 3 heteroatoms. The second kappa shape index (κ2) is 11.6. The number of nitrogens with zero attached hydrogens (tertiary/aromatic N) is 3. The van der Waals surface area contributed by atoms with Crippen LogP contribution < -0.4 is 4.90 Å². The van der Waals surface area contributed by atoms with Crippen molar-refractivity contribution in [2.45, 2.75) is 44.1 Å². The van der Waals surface area contributed by atoms with Crippen LogP contribution in [0.15, 0.2) is 163 Å². The van der Waals surface area contributed by atoms with Gasteiger partial charge in [-0.2, -0.15) is 0 Å². The minimum atomic E-state index is -0.122. The molecule has 1 aliphatic heterocycles. The van der Waals surface area contributed by atoms with Gasteiger partial charge in [-0.15, -0.1) is 0 Å². The largest absolute Gasteiger partial charge is 0.302 e. The van der Waals surface area contributed by atoms with Gasteiger partial charge in [0.15, 0.2) is 0 Å². The van der Waals surface area contributed by atoms with Crippen molar-refractivity contribution < 1.29 is 0 Å². The van der Waals surface area contributed by atoms with Crippen molar-refractivity contribution in [2.24, 2.45) is 0 Å². The molecule has 13 rings (SSSR count). The predicted molar refractivity (Wildman–Crippen MR) is 243 cm³/mol. The maximum atomic E-state index is 5.64. The van der Waals surface area contributed by atoms with Crippen molar-refractivity contribution in [1.82, 2.24) is 9.97 Å². The second-order valence-corrected chi connectivity index (χ2v) is 17.2. The van der Waals surface area contributed by atoms with E-state index in [0.717, 1.165) is 41.0 Å². The number of hydrogen-bond acceptors (Lipinski definition) is 3. The molecule has 0 saturated heterocycles. The van der Waals surface area contributed by atoms with E-state index >= 15 is 0 Å².